The van der Waals surface area contributed by atoms with E-state index >= 15 is 0 Å². The number of hydrogen-bond donors (Lipinski definition) is 0. The van der Waals surface area contributed by atoms with E-state index in [0.29, 0.717) is 0 Å². The topological polar surface area (TPSA) is 0 Å². The van der Waals surface area contributed by atoms with E-state index < -0.39 is 0 Å². The van der Waals surface area contributed by atoms with E-state index in [-0.39, 0.29) is 0 Å². The van der Waals surface area contributed by atoms with Gasteiger partial charge in [-0.3, -0.25) is 0 Å². The molecule has 2 aliphatic rings. The van der Waals surface area contributed by atoms with Crippen molar-refractivity contribution in [2.24, 2.45) is 22.7 Å². The van der Waals surface area contributed by atoms with E-state index in [9.17, 15) is 0 Å². The average molecular weight is 180 g/mol. The number of hydrogen-bond acceptors (Lipinski definition) is 0. The third kappa shape index (κ3) is 1.53. The second kappa shape index (κ2) is 2.74. The summed E-state index contributed by atoms with van der Waals surface area (Å²) in [5.41, 5.74) is 1.51. The molecule has 0 N–H and O–H groups in total. The van der Waals surface area contributed by atoms with E-state index in [1.165, 1.54) is 32.1 Å². The normalized spacial score (nSPS) is 42.9. The van der Waals surface area contributed by atoms with Crippen molar-refractivity contribution >= 4 is 0 Å². The molecular weight excluding hydrogens is 156 g/mol. The molecule has 0 aromatic rings. The highest BCUT2D eigenvalue weighted by Crippen LogP contribution is 2.63. The maximum absolute atomic E-state index is 2.48. The standard InChI is InChI=1S/C13H24/c1-5-13(9-11(13)3)8-10(2)12(4)6-7-12/h10-11H,5-9H2,1-4H3. The van der Waals surface area contributed by atoms with Gasteiger partial charge in [0.2, 0.25) is 0 Å². The molecule has 0 aliphatic heterocycles. The van der Waals surface area contributed by atoms with Crippen LogP contribution < -0.4 is 0 Å². The molecule has 3 unspecified atom stereocenters. The van der Waals surface area contributed by atoms with Gasteiger partial charge in [-0.1, -0.05) is 34.1 Å². The van der Waals surface area contributed by atoms with E-state index in [1.807, 2.05) is 0 Å². The van der Waals surface area contributed by atoms with Crippen molar-refractivity contribution in [2.45, 2.75) is 59.8 Å². The Bertz CT molecular complexity index is 198. The summed E-state index contributed by atoms with van der Waals surface area (Å²) in [5, 5.41) is 0. The van der Waals surface area contributed by atoms with E-state index in [4.69, 9.17) is 0 Å². The minimum absolute atomic E-state index is 0.741. The minimum atomic E-state index is 0.741. The summed E-state index contributed by atoms with van der Waals surface area (Å²) in [7, 11) is 0. The van der Waals surface area contributed by atoms with Gasteiger partial charge in [-0.05, 0) is 48.3 Å². The molecule has 0 bridgehead atoms. The van der Waals surface area contributed by atoms with Gasteiger partial charge in [0.15, 0.2) is 0 Å². The Kier molecular flexibility index (Phi) is 2.02. The molecule has 2 rings (SSSR count). The fourth-order valence-corrected chi connectivity index (χ4v) is 3.02. The number of rotatable bonds is 4. The van der Waals surface area contributed by atoms with Gasteiger partial charge in [-0.25, -0.2) is 0 Å². The van der Waals surface area contributed by atoms with Crippen LogP contribution in [0.5, 0.6) is 0 Å². The monoisotopic (exact) mass is 180 g/mol. The zero-order chi connectivity index (χ0) is 9.69. The molecule has 2 saturated carbocycles. The van der Waals surface area contributed by atoms with Gasteiger partial charge in [0, 0.05) is 0 Å². The van der Waals surface area contributed by atoms with Crippen molar-refractivity contribution in [2.75, 3.05) is 0 Å². The Morgan fingerprint density at radius 2 is 1.92 bits per heavy atom. The Labute approximate surface area is 83.1 Å². The third-order valence-electron chi connectivity index (χ3n) is 5.24. The molecule has 2 aliphatic carbocycles. The predicted molar refractivity (Wildman–Crippen MR) is 57.6 cm³/mol. The van der Waals surface area contributed by atoms with Crippen LogP contribution in [-0.2, 0) is 0 Å². The first-order valence-corrected chi connectivity index (χ1v) is 6.02. The van der Waals surface area contributed by atoms with Crippen molar-refractivity contribution in [3.8, 4) is 0 Å². The van der Waals surface area contributed by atoms with Gasteiger partial charge in [0.1, 0.15) is 0 Å². The van der Waals surface area contributed by atoms with Crippen LogP contribution in [-0.4, -0.2) is 0 Å². The van der Waals surface area contributed by atoms with E-state index in [2.05, 4.69) is 27.7 Å². The van der Waals surface area contributed by atoms with Crippen LogP contribution >= 0.6 is 0 Å². The largest absolute Gasteiger partial charge is 0.0648 e. The second-order valence-corrected chi connectivity index (χ2v) is 6.08. The summed E-state index contributed by atoms with van der Waals surface area (Å²) in [5.74, 6) is 1.99. The summed E-state index contributed by atoms with van der Waals surface area (Å²) >= 11 is 0. The lowest BCUT2D eigenvalue weighted by molar-refractivity contribution is 0.255. The first-order valence-electron chi connectivity index (χ1n) is 6.02. The zero-order valence-electron chi connectivity index (χ0n) is 9.69. The van der Waals surface area contributed by atoms with Gasteiger partial charge < -0.3 is 0 Å². The lowest BCUT2D eigenvalue weighted by Crippen LogP contribution is -2.15. The average Bonchev–Trinajstić information content (AvgIpc) is 2.94. The molecule has 13 heavy (non-hydrogen) atoms. The summed E-state index contributed by atoms with van der Waals surface area (Å²) in [6, 6.07) is 0. The summed E-state index contributed by atoms with van der Waals surface area (Å²) < 4.78 is 0. The van der Waals surface area contributed by atoms with Gasteiger partial charge in [0.25, 0.3) is 0 Å². The maximum atomic E-state index is 2.48. The fraction of sp³-hybridized carbons (Fsp3) is 1.00. The highest BCUT2D eigenvalue weighted by molar-refractivity contribution is 5.03. The van der Waals surface area contributed by atoms with Crippen LogP contribution in [0.4, 0.5) is 0 Å². The Morgan fingerprint density at radius 1 is 1.38 bits per heavy atom. The summed E-state index contributed by atoms with van der Waals surface area (Å²) in [6.45, 7) is 9.78. The van der Waals surface area contributed by atoms with Crippen molar-refractivity contribution in [3.63, 3.8) is 0 Å². The molecule has 0 saturated heterocycles. The highest BCUT2D eigenvalue weighted by Gasteiger charge is 2.53. The highest BCUT2D eigenvalue weighted by atomic mass is 14.6. The molecule has 0 amide bonds. The molecular formula is C13H24. The van der Waals surface area contributed by atoms with Crippen LogP contribution in [0.2, 0.25) is 0 Å². The lowest BCUT2D eigenvalue weighted by atomic mass is 9.81. The van der Waals surface area contributed by atoms with E-state index in [1.54, 1.807) is 0 Å². The van der Waals surface area contributed by atoms with Gasteiger partial charge in [-0.15, -0.1) is 0 Å². The summed E-state index contributed by atoms with van der Waals surface area (Å²) in [4.78, 5) is 0. The first-order chi connectivity index (χ1) is 6.02. The second-order valence-electron chi connectivity index (χ2n) is 6.08. The van der Waals surface area contributed by atoms with Crippen LogP contribution in [0, 0.1) is 22.7 Å². The maximum Gasteiger partial charge on any atom is -0.0269 e. The molecule has 0 spiro atoms. The molecule has 76 valence electrons. The molecule has 0 heteroatoms. The van der Waals surface area contributed by atoms with Gasteiger partial charge >= 0.3 is 0 Å². The Balaban J connectivity index is 1.90. The third-order valence-corrected chi connectivity index (χ3v) is 5.24. The molecule has 0 nitrogen and oxygen atoms in total. The fourth-order valence-electron chi connectivity index (χ4n) is 3.02. The summed E-state index contributed by atoms with van der Waals surface area (Å²) in [6.07, 6.45) is 7.39. The smallest absolute Gasteiger partial charge is 0.0269 e. The molecule has 0 radical (unpaired) electrons. The van der Waals surface area contributed by atoms with Crippen LogP contribution in [0.15, 0.2) is 0 Å². The van der Waals surface area contributed by atoms with Crippen molar-refractivity contribution in [1.82, 2.24) is 0 Å². The van der Waals surface area contributed by atoms with Crippen molar-refractivity contribution in [1.29, 1.82) is 0 Å². The SMILES string of the molecule is CCC1(CC(C)C2(C)CC2)CC1C. The van der Waals surface area contributed by atoms with Gasteiger partial charge in [-0.2, -0.15) is 0 Å². The Morgan fingerprint density at radius 3 is 2.23 bits per heavy atom. The van der Waals surface area contributed by atoms with Crippen molar-refractivity contribution in [3.05, 3.63) is 0 Å². The minimum Gasteiger partial charge on any atom is -0.0648 e. The quantitative estimate of drug-likeness (QED) is 0.606. The van der Waals surface area contributed by atoms with Crippen LogP contribution in [0.3, 0.4) is 0 Å². The first kappa shape index (κ1) is 9.55. The molecule has 2 fully saturated rings. The predicted octanol–water partition coefficient (Wildman–Crippen LogP) is 4.25. The zero-order valence-corrected chi connectivity index (χ0v) is 9.69. The molecule has 0 aromatic carbocycles. The van der Waals surface area contributed by atoms with E-state index in [0.717, 1.165) is 22.7 Å². The molecule has 3 atom stereocenters. The molecule has 0 heterocycles. The van der Waals surface area contributed by atoms with Gasteiger partial charge in [0.05, 0.1) is 0 Å². The molecule has 0 aromatic heterocycles. The van der Waals surface area contributed by atoms with Crippen molar-refractivity contribution < 1.29 is 0 Å². The lowest BCUT2D eigenvalue weighted by Gasteiger charge is -2.24. The van der Waals surface area contributed by atoms with Crippen LogP contribution in [0.25, 0.3) is 0 Å². The van der Waals surface area contributed by atoms with Crippen LogP contribution in [0.1, 0.15) is 59.8 Å². The Hall–Kier alpha value is 0.